The van der Waals surface area contributed by atoms with E-state index in [9.17, 15) is 14.0 Å². The Morgan fingerprint density at radius 2 is 2.08 bits per heavy atom. The van der Waals surface area contributed by atoms with Gasteiger partial charge in [-0.2, -0.15) is 0 Å². The number of carbonyl (C=O) groups excluding carboxylic acids is 2. The maximum absolute atomic E-state index is 13.1. The third-order valence-corrected chi connectivity index (χ3v) is 3.79. The summed E-state index contributed by atoms with van der Waals surface area (Å²) in [7, 11) is 0. The molecule has 124 valence electrons. The highest BCUT2D eigenvalue weighted by molar-refractivity contribution is 6.03. The Labute approximate surface area is 139 Å². The van der Waals surface area contributed by atoms with Gasteiger partial charge in [0.1, 0.15) is 18.1 Å². The molecule has 0 unspecified atom stereocenters. The molecule has 0 spiro atoms. The number of fused-ring (bicyclic) bond motifs is 1. The Morgan fingerprint density at radius 3 is 2.88 bits per heavy atom. The smallest absolute Gasteiger partial charge is 0.244 e. The van der Waals surface area contributed by atoms with Crippen LogP contribution in [0.1, 0.15) is 12.0 Å². The largest absolute Gasteiger partial charge is 0.491 e. The minimum Gasteiger partial charge on any atom is -0.491 e. The van der Waals surface area contributed by atoms with Gasteiger partial charge in [-0.3, -0.25) is 14.5 Å². The second-order valence-electron chi connectivity index (χ2n) is 5.55. The quantitative estimate of drug-likeness (QED) is 0.942. The highest BCUT2D eigenvalue weighted by Crippen LogP contribution is 2.30. The van der Waals surface area contributed by atoms with Crippen molar-refractivity contribution >= 4 is 23.2 Å². The third-order valence-electron chi connectivity index (χ3n) is 3.79. The molecule has 5 nitrogen and oxygen atoms in total. The van der Waals surface area contributed by atoms with Crippen LogP contribution < -0.4 is 15.0 Å². The van der Waals surface area contributed by atoms with Crippen molar-refractivity contribution in [3.63, 3.8) is 0 Å². The van der Waals surface area contributed by atoms with Crippen molar-refractivity contribution in [3.05, 3.63) is 53.8 Å². The van der Waals surface area contributed by atoms with Gasteiger partial charge in [0.05, 0.1) is 18.7 Å². The maximum Gasteiger partial charge on any atom is 0.244 e. The van der Waals surface area contributed by atoms with Crippen LogP contribution in [0.5, 0.6) is 5.75 Å². The predicted molar refractivity (Wildman–Crippen MR) is 88.7 cm³/mol. The number of benzene rings is 2. The van der Waals surface area contributed by atoms with E-state index in [-0.39, 0.29) is 37.2 Å². The summed E-state index contributed by atoms with van der Waals surface area (Å²) in [5, 5.41) is 2.72. The molecule has 0 radical (unpaired) electrons. The summed E-state index contributed by atoms with van der Waals surface area (Å²) in [4.78, 5) is 26.1. The molecule has 1 N–H and O–H groups in total. The van der Waals surface area contributed by atoms with Crippen molar-refractivity contribution in [3.8, 4) is 5.75 Å². The van der Waals surface area contributed by atoms with Crippen molar-refractivity contribution < 1.29 is 18.7 Å². The van der Waals surface area contributed by atoms with E-state index in [1.165, 1.54) is 23.1 Å². The standard InChI is InChI=1S/C18H17FN2O3/c1-12-10-13(19)6-7-14(12)20-17(22)11-21-15-4-2-3-5-16(15)24-9-8-18(21)23/h2-7,10H,8-9,11H2,1H3,(H,20,22). The van der Waals surface area contributed by atoms with E-state index >= 15 is 0 Å². The Hall–Kier alpha value is -2.89. The number of halogens is 1. The normalized spacial score (nSPS) is 13.8. The fourth-order valence-electron chi connectivity index (χ4n) is 2.59. The number of aryl methyl sites for hydroxylation is 1. The molecule has 0 aromatic heterocycles. The monoisotopic (exact) mass is 328 g/mol. The lowest BCUT2D eigenvalue weighted by molar-refractivity contribution is -0.121. The molecule has 6 heteroatoms. The van der Waals surface area contributed by atoms with E-state index in [0.29, 0.717) is 22.7 Å². The average molecular weight is 328 g/mol. The fraction of sp³-hybridized carbons (Fsp3) is 0.222. The Balaban J connectivity index is 1.79. The molecule has 1 aliphatic heterocycles. The zero-order valence-electron chi connectivity index (χ0n) is 13.2. The molecule has 2 amide bonds. The molecule has 2 aromatic carbocycles. The molecule has 0 fully saturated rings. The van der Waals surface area contributed by atoms with E-state index in [1.807, 2.05) is 6.07 Å². The van der Waals surface area contributed by atoms with E-state index < -0.39 is 0 Å². The molecule has 1 aliphatic rings. The first-order valence-electron chi connectivity index (χ1n) is 7.63. The van der Waals surface area contributed by atoms with Gasteiger partial charge in [-0.1, -0.05) is 12.1 Å². The molecule has 0 atom stereocenters. The van der Waals surface area contributed by atoms with Gasteiger partial charge >= 0.3 is 0 Å². The molecule has 0 saturated carbocycles. The lowest BCUT2D eigenvalue weighted by atomic mass is 10.2. The summed E-state index contributed by atoms with van der Waals surface area (Å²) in [5.41, 5.74) is 1.72. The third kappa shape index (κ3) is 3.37. The van der Waals surface area contributed by atoms with Gasteiger partial charge in [0.25, 0.3) is 0 Å². The van der Waals surface area contributed by atoms with Crippen LogP contribution in [0, 0.1) is 12.7 Å². The summed E-state index contributed by atoms with van der Waals surface area (Å²) < 4.78 is 18.7. The molecular weight excluding hydrogens is 311 g/mol. The van der Waals surface area contributed by atoms with E-state index in [4.69, 9.17) is 4.74 Å². The number of ether oxygens (including phenoxy) is 1. The molecular formula is C18H17FN2O3. The number of hydrogen-bond donors (Lipinski definition) is 1. The average Bonchev–Trinajstić information content (AvgIpc) is 2.70. The van der Waals surface area contributed by atoms with Crippen molar-refractivity contribution in [1.82, 2.24) is 0 Å². The van der Waals surface area contributed by atoms with Crippen molar-refractivity contribution in [1.29, 1.82) is 0 Å². The van der Waals surface area contributed by atoms with Gasteiger partial charge in [-0.15, -0.1) is 0 Å². The van der Waals surface area contributed by atoms with Crippen LogP contribution in [0.3, 0.4) is 0 Å². The Morgan fingerprint density at radius 1 is 1.29 bits per heavy atom. The second-order valence-corrected chi connectivity index (χ2v) is 5.55. The SMILES string of the molecule is Cc1cc(F)ccc1NC(=O)CN1C(=O)CCOc2ccccc21. The number of hydrogen-bond acceptors (Lipinski definition) is 3. The van der Waals surface area contributed by atoms with Gasteiger partial charge in [0.2, 0.25) is 11.8 Å². The van der Waals surface area contributed by atoms with Crippen LogP contribution in [0.2, 0.25) is 0 Å². The molecule has 0 bridgehead atoms. The van der Waals surface area contributed by atoms with Gasteiger partial charge in [-0.05, 0) is 42.8 Å². The van der Waals surface area contributed by atoms with E-state index in [0.717, 1.165) is 0 Å². The first kappa shape index (κ1) is 16.0. The number of nitrogens with one attached hydrogen (secondary N) is 1. The summed E-state index contributed by atoms with van der Waals surface area (Å²) in [6.07, 6.45) is 0.206. The first-order valence-corrected chi connectivity index (χ1v) is 7.63. The topological polar surface area (TPSA) is 58.6 Å². The highest BCUT2D eigenvalue weighted by Gasteiger charge is 2.25. The summed E-state index contributed by atoms with van der Waals surface area (Å²) in [6, 6.07) is 11.2. The van der Waals surface area contributed by atoms with Gasteiger partial charge in [-0.25, -0.2) is 4.39 Å². The van der Waals surface area contributed by atoms with Crippen LogP contribution in [0.4, 0.5) is 15.8 Å². The lowest BCUT2D eigenvalue weighted by Crippen LogP contribution is -2.37. The minimum atomic E-state index is -0.362. The fourth-order valence-corrected chi connectivity index (χ4v) is 2.59. The molecule has 2 aromatic rings. The van der Waals surface area contributed by atoms with Gasteiger partial charge in [0, 0.05) is 5.69 Å². The molecule has 0 aliphatic carbocycles. The van der Waals surface area contributed by atoms with Crippen molar-refractivity contribution in [2.24, 2.45) is 0 Å². The molecule has 3 rings (SSSR count). The van der Waals surface area contributed by atoms with Crippen LogP contribution >= 0.6 is 0 Å². The van der Waals surface area contributed by atoms with Crippen LogP contribution in [0.15, 0.2) is 42.5 Å². The first-order chi connectivity index (χ1) is 11.5. The molecule has 1 heterocycles. The van der Waals surface area contributed by atoms with Crippen LogP contribution in [-0.4, -0.2) is 25.0 Å². The Bertz CT molecular complexity index is 792. The summed E-state index contributed by atoms with van der Waals surface area (Å²) >= 11 is 0. The van der Waals surface area contributed by atoms with Crippen molar-refractivity contribution in [2.45, 2.75) is 13.3 Å². The maximum atomic E-state index is 13.1. The zero-order chi connectivity index (χ0) is 17.1. The van der Waals surface area contributed by atoms with Gasteiger partial charge in [0.15, 0.2) is 0 Å². The summed E-state index contributed by atoms with van der Waals surface area (Å²) in [5.74, 6) is -0.311. The van der Waals surface area contributed by atoms with Crippen LogP contribution in [-0.2, 0) is 9.59 Å². The number of rotatable bonds is 3. The number of para-hydroxylation sites is 2. The van der Waals surface area contributed by atoms with Gasteiger partial charge < -0.3 is 10.1 Å². The number of anilines is 2. The number of carbonyl (C=O) groups is 2. The number of amides is 2. The Kier molecular flexibility index (Phi) is 4.46. The van der Waals surface area contributed by atoms with E-state index in [1.54, 1.807) is 25.1 Å². The summed E-state index contributed by atoms with van der Waals surface area (Å²) in [6.45, 7) is 1.86. The number of nitrogens with zero attached hydrogens (tertiary/aromatic N) is 1. The molecule has 24 heavy (non-hydrogen) atoms. The highest BCUT2D eigenvalue weighted by atomic mass is 19.1. The predicted octanol–water partition coefficient (Wildman–Crippen LogP) is 2.89. The van der Waals surface area contributed by atoms with Crippen LogP contribution in [0.25, 0.3) is 0 Å². The van der Waals surface area contributed by atoms with E-state index in [2.05, 4.69) is 5.32 Å². The van der Waals surface area contributed by atoms with Crippen molar-refractivity contribution in [2.75, 3.05) is 23.4 Å². The lowest BCUT2D eigenvalue weighted by Gasteiger charge is -2.21. The minimum absolute atomic E-state index is 0.129. The second kappa shape index (κ2) is 6.70. The molecule has 0 saturated heterocycles. The zero-order valence-corrected chi connectivity index (χ0v) is 13.2.